The summed E-state index contributed by atoms with van der Waals surface area (Å²) in [5.74, 6) is 0. The highest BCUT2D eigenvalue weighted by Crippen LogP contribution is 2.32. The molecule has 0 bridgehead atoms. The van der Waals surface area contributed by atoms with Crippen molar-refractivity contribution in [1.82, 2.24) is 4.98 Å². The van der Waals surface area contributed by atoms with Gasteiger partial charge in [-0.2, -0.15) is 0 Å². The van der Waals surface area contributed by atoms with Gasteiger partial charge in [0.15, 0.2) is 0 Å². The van der Waals surface area contributed by atoms with Crippen LogP contribution < -0.4 is 10.2 Å². The number of H-pyrrole nitrogens is 1. The molecule has 150 valence electrons. The Morgan fingerprint density at radius 3 is 2.86 bits per heavy atom. The van der Waals surface area contributed by atoms with Crippen LogP contribution in [-0.2, 0) is 17.6 Å². The SMILES string of the molecule is CCc1cccc2c(CCNc3ccc([N+](=O)[O-])cc3N3CCOC3=O)c[nH]c12. The smallest absolute Gasteiger partial charge is 0.414 e. The number of non-ortho nitro benzene ring substituents is 1. The number of aromatic nitrogens is 1. The van der Waals surface area contributed by atoms with Gasteiger partial charge in [0.05, 0.1) is 22.8 Å². The Kier molecular flexibility index (Phi) is 5.07. The number of para-hydroxylation sites is 1. The number of rotatable bonds is 7. The Balaban J connectivity index is 1.54. The van der Waals surface area contributed by atoms with Crippen molar-refractivity contribution in [2.24, 2.45) is 0 Å². The van der Waals surface area contributed by atoms with Crippen LogP contribution in [0.3, 0.4) is 0 Å². The first-order valence-electron chi connectivity index (χ1n) is 9.63. The first kappa shape index (κ1) is 18.8. The van der Waals surface area contributed by atoms with Crippen LogP contribution in [0.2, 0.25) is 0 Å². The highest BCUT2D eigenvalue weighted by atomic mass is 16.6. The van der Waals surface area contributed by atoms with Gasteiger partial charge >= 0.3 is 6.09 Å². The van der Waals surface area contributed by atoms with Crippen LogP contribution in [0.1, 0.15) is 18.1 Å². The number of ether oxygens (including phenoxy) is 1. The van der Waals surface area contributed by atoms with Gasteiger partial charge in [-0.1, -0.05) is 25.1 Å². The molecule has 0 saturated carbocycles. The fourth-order valence-corrected chi connectivity index (χ4v) is 3.73. The molecule has 1 saturated heterocycles. The number of anilines is 2. The standard InChI is InChI=1S/C21H22N4O4/c1-2-14-4-3-5-17-15(13-23-20(14)17)8-9-22-18-7-6-16(25(27)28)12-19(18)24-10-11-29-21(24)26/h3-7,12-13,22-23H,2,8-11H2,1H3. The van der Waals surface area contributed by atoms with E-state index in [9.17, 15) is 14.9 Å². The lowest BCUT2D eigenvalue weighted by Gasteiger charge is -2.18. The number of hydrogen-bond acceptors (Lipinski definition) is 5. The molecule has 1 aromatic heterocycles. The van der Waals surface area contributed by atoms with Crippen molar-refractivity contribution in [1.29, 1.82) is 0 Å². The number of carbonyl (C=O) groups excluding carboxylic acids is 1. The molecule has 1 fully saturated rings. The summed E-state index contributed by atoms with van der Waals surface area (Å²) in [7, 11) is 0. The number of cyclic esters (lactones) is 1. The summed E-state index contributed by atoms with van der Waals surface area (Å²) in [5, 5.41) is 15.7. The fraction of sp³-hybridized carbons (Fsp3) is 0.286. The lowest BCUT2D eigenvalue weighted by atomic mass is 10.1. The van der Waals surface area contributed by atoms with Crippen LogP contribution in [-0.4, -0.2) is 35.7 Å². The molecule has 8 nitrogen and oxygen atoms in total. The molecule has 3 aromatic rings. The van der Waals surface area contributed by atoms with E-state index in [4.69, 9.17) is 4.74 Å². The minimum atomic E-state index is -0.489. The molecule has 1 aliphatic rings. The van der Waals surface area contributed by atoms with E-state index in [1.807, 2.05) is 6.20 Å². The summed E-state index contributed by atoms with van der Waals surface area (Å²) in [6.07, 6.45) is 3.28. The quantitative estimate of drug-likeness (QED) is 0.461. The van der Waals surface area contributed by atoms with Gasteiger partial charge in [0.25, 0.3) is 5.69 Å². The fourth-order valence-electron chi connectivity index (χ4n) is 3.73. The molecule has 2 aromatic carbocycles. The largest absolute Gasteiger partial charge is 0.447 e. The number of amides is 1. The number of aryl methyl sites for hydroxylation is 1. The van der Waals surface area contributed by atoms with Crippen LogP contribution in [0, 0.1) is 10.1 Å². The van der Waals surface area contributed by atoms with Gasteiger partial charge in [0.1, 0.15) is 6.61 Å². The lowest BCUT2D eigenvalue weighted by molar-refractivity contribution is -0.384. The molecule has 1 aliphatic heterocycles. The van der Waals surface area contributed by atoms with E-state index in [0.717, 1.165) is 12.8 Å². The molecule has 0 unspecified atom stereocenters. The molecule has 2 heterocycles. The van der Waals surface area contributed by atoms with Crippen LogP contribution in [0.25, 0.3) is 10.9 Å². The maximum atomic E-state index is 12.0. The Hall–Kier alpha value is -3.55. The summed E-state index contributed by atoms with van der Waals surface area (Å²) in [5.41, 5.74) is 4.73. The molecule has 4 rings (SSSR count). The first-order valence-corrected chi connectivity index (χ1v) is 9.63. The zero-order valence-corrected chi connectivity index (χ0v) is 16.1. The summed E-state index contributed by atoms with van der Waals surface area (Å²) in [4.78, 5) is 27.5. The monoisotopic (exact) mass is 394 g/mol. The normalized spacial score (nSPS) is 13.7. The predicted octanol–water partition coefficient (Wildman–Crippen LogP) is 4.25. The third kappa shape index (κ3) is 3.61. The average molecular weight is 394 g/mol. The Labute approximate surface area is 167 Å². The zero-order chi connectivity index (χ0) is 20.4. The first-order chi connectivity index (χ1) is 14.1. The number of nitro benzene ring substituents is 1. The number of benzene rings is 2. The van der Waals surface area contributed by atoms with E-state index in [-0.39, 0.29) is 12.3 Å². The maximum absolute atomic E-state index is 12.0. The van der Waals surface area contributed by atoms with E-state index in [2.05, 4.69) is 35.4 Å². The Morgan fingerprint density at radius 1 is 1.28 bits per heavy atom. The summed E-state index contributed by atoms with van der Waals surface area (Å²) < 4.78 is 4.99. The van der Waals surface area contributed by atoms with Crippen LogP contribution in [0.15, 0.2) is 42.6 Å². The predicted molar refractivity (Wildman–Crippen MR) is 112 cm³/mol. The molecule has 0 atom stereocenters. The molecular formula is C21H22N4O4. The van der Waals surface area contributed by atoms with Crippen molar-refractivity contribution in [3.63, 3.8) is 0 Å². The van der Waals surface area contributed by atoms with Gasteiger partial charge < -0.3 is 15.0 Å². The second-order valence-corrected chi connectivity index (χ2v) is 6.91. The van der Waals surface area contributed by atoms with Gasteiger partial charge in [-0.15, -0.1) is 0 Å². The third-order valence-electron chi connectivity index (χ3n) is 5.22. The Morgan fingerprint density at radius 2 is 2.14 bits per heavy atom. The van der Waals surface area contributed by atoms with Gasteiger partial charge in [-0.25, -0.2) is 4.79 Å². The molecule has 8 heteroatoms. The number of aromatic amines is 1. The topological polar surface area (TPSA) is 100 Å². The second kappa shape index (κ2) is 7.83. The summed E-state index contributed by atoms with van der Waals surface area (Å²) >= 11 is 0. The van der Waals surface area contributed by atoms with Crippen molar-refractivity contribution in [2.75, 3.05) is 29.9 Å². The van der Waals surface area contributed by atoms with E-state index < -0.39 is 11.0 Å². The van der Waals surface area contributed by atoms with Gasteiger partial charge in [0, 0.05) is 35.8 Å². The van der Waals surface area contributed by atoms with E-state index >= 15 is 0 Å². The van der Waals surface area contributed by atoms with Gasteiger partial charge in [-0.05, 0) is 30.0 Å². The molecule has 0 aliphatic carbocycles. The van der Waals surface area contributed by atoms with E-state index in [1.54, 1.807) is 6.07 Å². The molecule has 1 amide bonds. The van der Waals surface area contributed by atoms with Crippen LogP contribution >= 0.6 is 0 Å². The lowest BCUT2D eigenvalue weighted by Crippen LogP contribution is -2.24. The maximum Gasteiger partial charge on any atom is 0.414 e. The van der Waals surface area contributed by atoms with Crippen molar-refractivity contribution in [2.45, 2.75) is 19.8 Å². The number of nitrogens with one attached hydrogen (secondary N) is 2. The van der Waals surface area contributed by atoms with Crippen molar-refractivity contribution < 1.29 is 14.5 Å². The summed E-state index contributed by atoms with van der Waals surface area (Å²) in [6, 6.07) is 10.8. The number of nitro groups is 1. The van der Waals surface area contributed by atoms with Crippen molar-refractivity contribution >= 4 is 34.1 Å². The molecule has 0 radical (unpaired) electrons. The molecular weight excluding hydrogens is 372 g/mol. The molecule has 29 heavy (non-hydrogen) atoms. The Bertz CT molecular complexity index is 1080. The van der Waals surface area contributed by atoms with E-state index in [0.29, 0.717) is 24.5 Å². The summed E-state index contributed by atoms with van der Waals surface area (Å²) in [6.45, 7) is 3.40. The highest BCUT2D eigenvalue weighted by molar-refractivity contribution is 5.94. The zero-order valence-electron chi connectivity index (χ0n) is 16.1. The second-order valence-electron chi connectivity index (χ2n) is 6.91. The average Bonchev–Trinajstić information content (AvgIpc) is 3.34. The van der Waals surface area contributed by atoms with Crippen LogP contribution in [0.4, 0.5) is 21.9 Å². The molecule has 0 spiro atoms. The van der Waals surface area contributed by atoms with Crippen molar-refractivity contribution in [3.05, 3.63) is 63.8 Å². The minimum Gasteiger partial charge on any atom is -0.447 e. The number of fused-ring (bicyclic) bond motifs is 1. The number of carbonyl (C=O) groups is 1. The minimum absolute atomic E-state index is 0.0611. The third-order valence-corrected chi connectivity index (χ3v) is 5.22. The van der Waals surface area contributed by atoms with Gasteiger partial charge in [0.2, 0.25) is 0 Å². The van der Waals surface area contributed by atoms with Crippen LogP contribution in [0.5, 0.6) is 0 Å². The number of nitrogens with zero attached hydrogens (tertiary/aromatic N) is 2. The van der Waals surface area contributed by atoms with Crippen molar-refractivity contribution in [3.8, 4) is 0 Å². The van der Waals surface area contributed by atoms with Gasteiger partial charge in [-0.3, -0.25) is 15.0 Å². The highest BCUT2D eigenvalue weighted by Gasteiger charge is 2.27. The van der Waals surface area contributed by atoms with E-state index in [1.165, 1.54) is 39.1 Å². The molecule has 2 N–H and O–H groups in total. The number of hydrogen-bond donors (Lipinski definition) is 2.